The lowest BCUT2D eigenvalue weighted by molar-refractivity contribution is -0.383. The van der Waals surface area contributed by atoms with E-state index in [2.05, 4.69) is 4.72 Å². The second kappa shape index (κ2) is 8.26. The van der Waals surface area contributed by atoms with Gasteiger partial charge in [-0.25, -0.2) is 8.42 Å². The standard InChI is InChI=1S/C18H20N2O7S/c1-11(2)28(24,25)19-14-9-12(5-7-15(14)20(22)23)18(21)13-6-8-16(26-3)17(10-13)27-4/h5-11,19H,1-4H3. The van der Waals surface area contributed by atoms with Crippen molar-refractivity contribution >= 4 is 27.2 Å². The molecule has 1 N–H and O–H groups in total. The molecule has 0 fully saturated rings. The predicted octanol–water partition coefficient (Wildman–Crippen LogP) is 2.99. The number of ether oxygens (including phenoxy) is 2. The van der Waals surface area contributed by atoms with E-state index in [-0.39, 0.29) is 16.8 Å². The zero-order chi connectivity index (χ0) is 21.1. The minimum Gasteiger partial charge on any atom is -0.493 e. The first-order valence-corrected chi connectivity index (χ1v) is 9.72. The van der Waals surface area contributed by atoms with Crippen LogP contribution in [0.15, 0.2) is 36.4 Å². The lowest BCUT2D eigenvalue weighted by Gasteiger charge is -2.12. The van der Waals surface area contributed by atoms with Crippen LogP contribution in [-0.2, 0) is 10.0 Å². The van der Waals surface area contributed by atoms with Crippen molar-refractivity contribution in [1.29, 1.82) is 0 Å². The summed E-state index contributed by atoms with van der Waals surface area (Å²) in [6.07, 6.45) is 0. The molecule has 2 aromatic rings. The van der Waals surface area contributed by atoms with Crippen LogP contribution < -0.4 is 14.2 Å². The Balaban J connectivity index is 2.50. The molecule has 0 aromatic heterocycles. The van der Waals surface area contributed by atoms with Crippen LogP contribution in [0, 0.1) is 10.1 Å². The Hall–Kier alpha value is -3.14. The van der Waals surface area contributed by atoms with Crippen LogP contribution in [0.5, 0.6) is 11.5 Å². The van der Waals surface area contributed by atoms with Gasteiger partial charge in [-0.2, -0.15) is 0 Å². The number of ketones is 1. The second-order valence-corrected chi connectivity index (χ2v) is 8.32. The van der Waals surface area contributed by atoms with Gasteiger partial charge >= 0.3 is 0 Å². The van der Waals surface area contributed by atoms with Crippen LogP contribution in [-0.4, -0.2) is 38.6 Å². The van der Waals surface area contributed by atoms with Crippen molar-refractivity contribution < 1.29 is 27.6 Å². The van der Waals surface area contributed by atoms with Gasteiger partial charge in [0, 0.05) is 17.2 Å². The highest BCUT2D eigenvalue weighted by molar-refractivity contribution is 7.93. The molecule has 0 aliphatic rings. The third kappa shape index (κ3) is 4.39. The minimum atomic E-state index is -3.84. The molecule has 0 amide bonds. The van der Waals surface area contributed by atoms with Gasteiger partial charge in [-0.3, -0.25) is 19.6 Å². The molecule has 28 heavy (non-hydrogen) atoms. The van der Waals surface area contributed by atoms with E-state index in [1.807, 2.05) is 0 Å². The number of nitro groups is 1. The first-order valence-electron chi connectivity index (χ1n) is 8.17. The number of methoxy groups -OCH3 is 2. The average molecular weight is 408 g/mol. The summed E-state index contributed by atoms with van der Waals surface area (Å²) in [6.45, 7) is 2.87. The molecule has 9 nitrogen and oxygen atoms in total. The molecule has 0 aliphatic heterocycles. The number of hydrogen-bond donors (Lipinski definition) is 1. The van der Waals surface area contributed by atoms with E-state index < -0.39 is 31.7 Å². The molecule has 10 heteroatoms. The number of anilines is 1. The minimum absolute atomic E-state index is 0.0827. The maximum Gasteiger partial charge on any atom is 0.293 e. The molecule has 0 saturated carbocycles. The maximum absolute atomic E-state index is 12.8. The molecular formula is C18H20N2O7S. The summed E-state index contributed by atoms with van der Waals surface area (Å²) in [6, 6.07) is 8.05. The Kier molecular flexibility index (Phi) is 6.24. The van der Waals surface area contributed by atoms with Gasteiger partial charge in [-0.05, 0) is 44.2 Å². The lowest BCUT2D eigenvalue weighted by Crippen LogP contribution is -2.23. The molecule has 0 heterocycles. The molecule has 0 spiro atoms. The van der Waals surface area contributed by atoms with E-state index >= 15 is 0 Å². The monoisotopic (exact) mass is 408 g/mol. The van der Waals surface area contributed by atoms with Crippen LogP contribution in [0.1, 0.15) is 29.8 Å². The zero-order valence-corrected chi connectivity index (χ0v) is 16.6. The number of carbonyl (C=O) groups excluding carboxylic acids is 1. The second-order valence-electron chi connectivity index (χ2n) is 6.08. The molecule has 2 rings (SSSR count). The lowest BCUT2D eigenvalue weighted by atomic mass is 10.0. The van der Waals surface area contributed by atoms with Gasteiger partial charge in [-0.15, -0.1) is 0 Å². The van der Waals surface area contributed by atoms with Gasteiger partial charge in [0.1, 0.15) is 5.69 Å². The number of sulfonamides is 1. The van der Waals surface area contributed by atoms with Crippen molar-refractivity contribution in [3.05, 3.63) is 57.6 Å². The summed E-state index contributed by atoms with van der Waals surface area (Å²) < 4.78 is 36.7. The molecule has 0 bridgehead atoms. The normalized spacial score (nSPS) is 11.2. The Labute approximate surface area is 162 Å². The molecular weight excluding hydrogens is 388 g/mol. The molecule has 0 unspecified atom stereocenters. The van der Waals surface area contributed by atoms with Gasteiger partial charge in [0.2, 0.25) is 10.0 Å². The Morgan fingerprint density at radius 3 is 2.14 bits per heavy atom. The smallest absolute Gasteiger partial charge is 0.293 e. The van der Waals surface area contributed by atoms with Crippen molar-refractivity contribution in [3.63, 3.8) is 0 Å². The molecule has 0 saturated heterocycles. The fourth-order valence-corrected chi connectivity index (χ4v) is 3.04. The van der Waals surface area contributed by atoms with Crippen LogP contribution in [0.3, 0.4) is 0 Å². The summed E-state index contributed by atoms with van der Waals surface area (Å²) in [5, 5.41) is 10.4. The Bertz CT molecular complexity index is 1020. The van der Waals surface area contributed by atoms with Crippen molar-refractivity contribution in [1.82, 2.24) is 0 Å². The highest BCUT2D eigenvalue weighted by Crippen LogP contribution is 2.31. The number of nitrogens with zero attached hydrogens (tertiary/aromatic N) is 1. The molecule has 150 valence electrons. The van der Waals surface area contributed by atoms with E-state index in [4.69, 9.17) is 9.47 Å². The van der Waals surface area contributed by atoms with Gasteiger partial charge in [0.25, 0.3) is 5.69 Å². The zero-order valence-electron chi connectivity index (χ0n) is 15.8. The molecule has 0 radical (unpaired) electrons. The summed E-state index contributed by atoms with van der Waals surface area (Å²) >= 11 is 0. The third-order valence-corrected chi connectivity index (χ3v) is 5.72. The van der Waals surface area contributed by atoms with E-state index in [0.29, 0.717) is 11.5 Å². The van der Waals surface area contributed by atoms with Crippen LogP contribution in [0.25, 0.3) is 0 Å². The number of carbonyl (C=O) groups is 1. The van der Waals surface area contributed by atoms with Crippen LogP contribution >= 0.6 is 0 Å². The van der Waals surface area contributed by atoms with Crippen molar-refractivity contribution in [2.75, 3.05) is 18.9 Å². The first kappa shape index (κ1) is 21.2. The summed E-state index contributed by atoms with van der Waals surface area (Å²) in [5.41, 5.74) is -0.387. The Morgan fingerprint density at radius 1 is 1.04 bits per heavy atom. The maximum atomic E-state index is 12.8. The fraction of sp³-hybridized carbons (Fsp3) is 0.278. The quantitative estimate of drug-likeness (QED) is 0.404. The van der Waals surface area contributed by atoms with Crippen molar-refractivity contribution in [2.24, 2.45) is 0 Å². The fourth-order valence-electron chi connectivity index (χ4n) is 2.33. The number of nitrogens with one attached hydrogen (secondary N) is 1. The Morgan fingerprint density at radius 2 is 1.61 bits per heavy atom. The highest BCUT2D eigenvalue weighted by atomic mass is 32.2. The van der Waals surface area contributed by atoms with Crippen molar-refractivity contribution in [3.8, 4) is 11.5 Å². The average Bonchev–Trinajstić information content (AvgIpc) is 2.66. The molecule has 0 aliphatic carbocycles. The molecule has 2 aromatic carbocycles. The van der Waals surface area contributed by atoms with E-state index in [9.17, 15) is 23.3 Å². The highest BCUT2D eigenvalue weighted by Gasteiger charge is 2.24. The van der Waals surface area contributed by atoms with Crippen molar-refractivity contribution in [2.45, 2.75) is 19.1 Å². The topological polar surface area (TPSA) is 125 Å². The number of rotatable bonds is 8. The van der Waals surface area contributed by atoms with Gasteiger partial charge in [0.15, 0.2) is 17.3 Å². The SMILES string of the molecule is COc1ccc(C(=O)c2ccc([N+](=O)[O-])c(NS(=O)(=O)C(C)C)c2)cc1OC. The van der Waals surface area contributed by atoms with E-state index in [1.54, 1.807) is 6.07 Å². The number of benzene rings is 2. The van der Waals surface area contributed by atoms with Gasteiger partial charge in [0.05, 0.1) is 24.4 Å². The van der Waals surface area contributed by atoms with Gasteiger partial charge < -0.3 is 9.47 Å². The van der Waals surface area contributed by atoms with Crippen LogP contribution in [0.2, 0.25) is 0 Å². The summed E-state index contributed by atoms with van der Waals surface area (Å²) in [7, 11) is -0.948. The molecule has 0 atom stereocenters. The van der Waals surface area contributed by atoms with E-state index in [1.165, 1.54) is 46.3 Å². The number of hydrogen-bond acceptors (Lipinski definition) is 7. The van der Waals surface area contributed by atoms with E-state index in [0.717, 1.165) is 12.1 Å². The third-order valence-electron chi connectivity index (χ3n) is 3.97. The van der Waals surface area contributed by atoms with Gasteiger partial charge in [-0.1, -0.05) is 0 Å². The van der Waals surface area contributed by atoms with Crippen LogP contribution in [0.4, 0.5) is 11.4 Å². The summed E-state index contributed by atoms with van der Waals surface area (Å²) in [5.74, 6) is 0.324. The largest absolute Gasteiger partial charge is 0.493 e. The number of nitro benzene ring substituents is 1. The predicted molar refractivity (Wildman–Crippen MR) is 104 cm³/mol. The first-order chi connectivity index (χ1) is 13.1. The summed E-state index contributed by atoms with van der Waals surface area (Å²) in [4.78, 5) is 23.3.